The van der Waals surface area contributed by atoms with Crippen molar-refractivity contribution in [2.24, 2.45) is 5.73 Å². The van der Waals surface area contributed by atoms with Gasteiger partial charge >= 0.3 is 0 Å². The molecule has 0 bridgehead atoms. The Bertz CT molecular complexity index is 307. The number of morpholine rings is 1. The van der Waals surface area contributed by atoms with E-state index in [9.17, 15) is 8.42 Å². The molecule has 1 heterocycles. The Balaban J connectivity index is 2.39. The van der Waals surface area contributed by atoms with Crippen LogP contribution in [0.1, 0.15) is 6.92 Å². The normalized spacial score (nSPS) is 25.6. The minimum atomic E-state index is -3.30. The summed E-state index contributed by atoms with van der Waals surface area (Å²) in [6.45, 7) is 4.32. The predicted molar refractivity (Wildman–Crippen MR) is 62.7 cm³/mol. The third-order valence-corrected chi connectivity index (χ3v) is 4.54. The first-order valence-electron chi connectivity index (χ1n) is 5.44. The molecule has 0 radical (unpaired) electrons. The van der Waals surface area contributed by atoms with Gasteiger partial charge < -0.3 is 15.4 Å². The summed E-state index contributed by atoms with van der Waals surface area (Å²) in [6, 6.07) is 0. The van der Waals surface area contributed by atoms with Crippen molar-refractivity contribution in [2.45, 2.75) is 18.3 Å². The molecule has 3 N–H and O–H groups in total. The largest absolute Gasteiger partial charge is 0.374 e. The predicted octanol–water partition coefficient (Wildman–Crippen LogP) is -1.42. The highest BCUT2D eigenvalue weighted by molar-refractivity contribution is 7.90. The van der Waals surface area contributed by atoms with Gasteiger partial charge in [0.05, 0.1) is 18.0 Å². The lowest BCUT2D eigenvalue weighted by atomic mass is 10.3. The molecular weight excluding hydrogens is 230 g/mol. The maximum Gasteiger partial charge on any atom is 0.215 e. The van der Waals surface area contributed by atoms with Crippen molar-refractivity contribution < 1.29 is 13.2 Å². The van der Waals surface area contributed by atoms with Crippen LogP contribution >= 0.6 is 0 Å². The van der Waals surface area contributed by atoms with Gasteiger partial charge in [0.2, 0.25) is 10.0 Å². The number of hydrogen-bond acceptors (Lipinski definition) is 5. The first-order valence-corrected chi connectivity index (χ1v) is 6.99. The van der Waals surface area contributed by atoms with Gasteiger partial charge in [0.25, 0.3) is 0 Å². The number of likely N-dealkylation sites (N-methyl/N-ethyl adjacent to an activating group) is 1. The van der Waals surface area contributed by atoms with E-state index < -0.39 is 15.3 Å². The van der Waals surface area contributed by atoms with Gasteiger partial charge in [-0.25, -0.2) is 13.1 Å². The minimum absolute atomic E-state index is 0.0708. The fourth-order valence-electron chi connectivity index (χ4n) is 1.47. The molecule has 1 rings (SSSR count). The Morgan fingerprint density at radius 1 is 1.62 bits per heavy atom. The van der Waals surface area contributed by atoms with E-state index in [1.54, 1.807) is 6.92 Å². The van der Waals surface area contributed by atoms with Crippen molar-refractivity contribution in [3.05, 3.63) is 0 Å². The van der Waals surface area contributed by atoms with Crippen LogP contribution in [0.4, 0.5) is 0 Å². The molecule has 0 aromatic rings. The molecule has 2 unspecified atom stereocenters. The molecule has 0 aromatic carbocycles. The van der Waals surface area contributed by atoms with E-state index >= 15 is 0 Å². The van der Waals surface area contributed by atoms with Crippen LogP contribution in [0.3, 0.4) is 0 Å². The van der Waals surface area contributed by atoms with Gasteiger partial charge in [-0.2, -0.15) is 0 Å². The zero-order chi connectivity index (χ0) is 12.2. The lowest BCUT2D eigenvalue weighted by Gasteiger charge is -2.30. The fraction of sp³-hybridized carbons (Fsp3) is 1.00. The number of rotatable bonds is 5. The van der Waals surface area contributed by atoms with Gasteiger partial charge in [-0.15, -0.1) is 0 Å². The van der Waals surface area contributed by atoms with Crippen LogP contribution in [0, 0.1) is 0 Å². The van der Waals surface area contributed by atoms with Crippen LogP contribution < -0.4 is 10.5 Å². The van der Waals surface area contributed by atoms with Gasteiger partial charge in [-0.3, -0.25) is 0 Å². The highest BCUT2D eigenvalue weighted by Crippen LogP contribution is 2.03. The van der Waals surface area contributed by atoms with Crippen molar-refractivity contribution in [3.8, 4) is 0 Å². The molecule has 0 saturated carbocycles. The summed E-state index contributed by atoms with van der Waals surface area (Å²) >= 11 is 0. The zero-order valence-electron chi connectivity index (χ0n) is 9.85. The lowest BCUT2D eigenvalue weighted by molar-refractivity contribution is -0.0156. The molecule has 0 amide bonds. The van der Waals surface area contributed by atoms with Gasteiger partial charge in [0, 0.05) is 26.2 Å². The Kier molecular flexibility index (Phi) is 5.13. The average Bonchev–Trinajstić information content (AvgIpc) is 2.25. The summed E-state index contributed by atoms with van der Waals surface area (Å²) in [4.78, 5) is 2.12. The number of ether oxygens (including phenoxy) is 1. The molecule has 1 fully saturated rings. The standard InChI is InChI=1S/C9H21N3O3S/c1-8(5-10)16(13,14)11-6-9-7-12(2)3-4-15-9/h8-9,11H,3-7,10H2,1-2H3. The quantitative estimate of drug-likeness (QED) is 0.627. The maximum absolute atomic E-state index is 11.6. The van der Waals surface area contributed by atoms with Crippen LogP contribution in [0.2, 0.25) is 0 Å². The summed E-state index contributed by atoms with van der Waals surface area (Å²) in [5.41, 5.74) is 5.33. The number of hydrogen-bond donors (Lipinski definition) is 2. The average molecular weight is 251 g/mol. The topological polar surface area (TPSA) is 84.7 Å². The highest BCUT2D eigenvalue weighted by Gasteiger charge is 2.23. The van der Waals surface area contributed by atoms with E-state index in [4.69, 9.17) is 10.5 Å². The first-order chi connectivity index (χ1) is 7.45. The third kappa shape index (κ3) is 3.99. The molecular formula is C9H21N3O3S. The second kappa shape index (κ2) is 5.92. The number of nitrogens with one attached hydrogen (secondary N) is 1. The molecule has 1 saturated heterocycles. The first kappa shape index (κ1) is 13.9. The maximum atomic E-state index is 11.6. The smallest absolute Gasteiger partial charge is 0.215 e. The van der Waals surface area contributed by atoms with Crippen molar-refractivity contribution in [1.29, 1.82) is 0 Å². The van der Waals surface area contributed by atoms with E-state index in [-0.39, 0.29) is 12.6 Å². The number of nitrogens with zero attached hydrogens (tertiary/aromatic N) is 1. The van der Waals surface area contributed by atoms with Crippen molar-refractivity contribution >= 4 is 10.0 Å². The number of nitrogens with two attached hydrogens (primary N) is 1. The molecule has 1 aliphatic heterocycles. The minimum Gasteiger partial charge on any atom is -0.374 e. The van der Waals surface area contributed by atoms with Crippen LogP contribution in [-0.2, 0) is 14.8 Å². The third-order valence-electron chi connectivity index (χ3n) is 2.72. The van der Waals surface area contributed by atoms with E-state index in [2.05, 4.69) is 9.62 Å². The Morgan fingerprint density at radius 3 is 2.88 bits per heavy atom. The van der Waals surface area contributed by atoms with Gasteiger partial charge in [-0.05, 0) is 14.0 Å². The molecule has 16 heavy (non-hydrogen) atoms. The number of sulfonamides is 1. The molecule has 1 aliphatic rings. The Labute approximate surface area is 97.2 Å². The second-order valence-electron chi connectivity index (χ2n) is 4.19. The summed E-state index contributed by atoms with van der Waals surface area (Å²) in [6.07, 6.45) is -0.0708. The summed E-state index contributed by atoms with van der Waals surface area (Å²) < 4.78 is 31.2. The molecule has 0 spiro atoms. The van der Waals surface area contributed by atoms with Crippen LogP contribution in [0.15, 0.2) is 0 Å². The van der Waals surface area contributed by atoms with Crippen molar-refractivity contribution in [1.82, 2.24) is 9.62 Å². The lowest BCUT2D eigenvalue weighted by Crippen LogP contribution is -2.47. The Morgan fingerprint density at radius 2 is 2.31 bits per heavy atom. The summed E-state index contributed by atoms with van der Waals surface area (Å²) in [5.74, 6) is 0. The monoisotopic (exact) mass is 251 g/mol. The van der Waals surface area contributed by atoms with Gasteiger partial charge in [-0.1, -0.05) is 0 Å². The molecule has 96 valence electrons. The van der Waals surface area contributed by atoms with Crippen LogP contribution in [0.25, 0.3) is 0 Å². The van der Waals surface area contributed by atoms with Gasteiger partial charge in [0.15, 0.2) is 0 Å². The van der Waals surface area contributed by atoms with Crippen molar-refractivity contribution in [2.75, 3.05) is 39.8 Å². The molecule has 6 nitrogen and oxygen atoms in total. The van der Waals surface area contributed by atoms with Gasteiger partial charge in [0.1, 0.15) is 0 Å². The van der Waals surface area contributed by atoms with Crippen molar-refractivity contribution in [3.63, 3.8) is 0 Å². The highest BCUT2D eigenvalue weighted by atomic mass is 32.2. The van der Waals surface area contributed by atoms with E-state index in [1.165, 1.54) is 0 Å². The van der Waals surface area contributed by atoms with E-state index in [1.807, 2.05) is 7.05 Å². The van der Waals surface area contributed by atoms with Crippen LogP contribution in [0.5, 0.6) is 0 Å². The zero-order valence-corrected chi connectivity index (χ0v) is 10.7. The summed E-state index contributed by atoms with van der Waals surface area (Å²) in [7, 11) is -1.31. The summed E-state index contributed by atoms with van der Waals surface area (Å²) in [5, 5.41) is -0.561. The molecule has 7 heteroatoms. The fourth-order valence-corrected chi connectivity index (χ4v) is 2.42. The molecule has 0 aromatic heterocycles. The van der Waals surface area contributed by atoms with Crippen LogP contribution in [-0.4, -0.2) is 64.5 Å². The van der Waals surface area contributed by atoms with E-state index in [0.717, 1.165) is 13.1 Å². The molecule has 0 aliphatic carbocycles. The SMILES string of the molecule is CC(CN)S(=O)(=O)NCC1CN(C)CCO1. The second-order valence-corrected chi connectivity index (χ2v) is 6.38. The molecule has 2 atom stereocenters. The van der Waals surface area contributed by atoms with E-state index in [0.29, 0.717) is 13.2 Å². The Hall–Kier alpha value is -0.210.